The number of benzene rings is 3. The first-order valence-corrected chi connectivity index (χ1v) is 12.1. The fourth-order valence-electron chi connectivity index (χ4n) is 3.19. The van der Waals surface area contributed by atoms with Gasteiger partial charge >= 0.3 is 0 Å². The molecular formula is C25H28N2O5S. The highest BCUT2D eigenvalue weighted by Crippen LogP contribution is 2.26. The zero-order valence-corrected chi connectivity index (χ0v) is 19.8. The third kappa shape index (κ3) is 6.26. The number of nitrogens with zero attached hydrogens (tertiary/aromatic N) is 1. The molecule has 0 spiro atoms. The molecule has 0 fully saturated rings. The summed E-state index contributed by atoms with van der Waals surface area (Å²) in [5.41, 5.74) is 1.82. The zero-order valence-electron chi connectivity index (χ0n) is 18.9. The van der Waals surface area contributed by atoms with Crippen molar-refractivity contribution in [3.63, 3.8) is 0 Å². The van der Waals surface area contributed by atoms with Crippen molar-refractivity contribution in [1.82, 2.24) is 0 Å². The van der Waals surface area contributed by atoms with E-state index >= 15 is 0 Å². The summed E-state index contributed by atoms with van der Waals surface area (Å²) in [7, 11) is -3.99. The number of hydrogen-bond acceptors (Lipinski definition) is 5. The lowest BCUT2D eigenvalue weighted by atomic mass is 10.2. The van der Waals surface area contributed by atoms with Crippen LogP contribution >= 0.6 is 0 Å². The van der Waals surface area contributed by atoms with Crippen molar-refractivity contribution >= 4 is 27.3 Å². The van der Waals surface area contributed by atoms with Crippen LogP contribution in [-0.2, 0) is 14.8 Å². The highest BCUT2D eigenvalue weighted by molar-refractivity contribution is 7.92. The van der Waals surface area contributed by atoms with E-state index in [2.05, 4.69) is 5.32 Å². The van der Waals surface area contributed by atoms with Gasteiger partial charge in [0.1, 0.15) is 18.0 Å². The maximum absolute atomic E-state index is 13.5. The normalized spacial score (nSPS) is 11.0. The molecule has 0 radical (unpaired) electrons. The Bertz CT molecular complexity index is 1180. The second-order valence-corrected chi connectivity index (χ2v) is 9.12. The molecule has 3 rings (SSSR count). The van der Waals surface area contributed by atoms with Crippen molar-refractivity contribution in [3.05, 3.63) is 78.4 Å². The Kier molecular flexibility index (Phi) is 7.95. The molecule has 1 amide bonds. The standard InChI is InChI=1S/C25H28N2O5S/c1-4-31-22-13-11-21(12-14-22)27(33(29,30)24-15-9-19(3)10-16-24)18-25(28)26-20-7-6-8-23(17-20)32-5-2/h6-17H,4-5,18H2,1-3H3,(H,26,28). The third-order valence-corrected chi connectivity index (χ3v) is 6.55. The van der Waals surface area contributed by atoms with Crippen LogP contribution in [-0.4, -0.2) is 34.1 Å². The van der Waals surface area contributed by atoms with Gasteiger partial charge in [-0.3, -0.25) is 9.10 Å². The first-order valence-electron chi connectivity index (χ1n) is 10.7. The molecule has 0 aliphatic heterocycles. The van der Waals surface area contributed by atoms with E-state index in [9.17, 15) is 13.2 Å². The minimum absolute atomic E-state index is 0.105. The Labute approximate surface area is 195 Å². The largest absolute Gasteiger partial charge is 0.494 e. The average Bonchev–Trinajstić information content (AvgIpc) is 2.79. The number of rotatable bonds is 10. The molecule has 8 heteroatoms. The second kappa shape index (κ2) is 10.9. The van der Waals surface area contributed by atoms with Gasteiger partial charge in [-0.25, -0.2) is 8.42 Å². The average molecular weight is 469 g/mol. The first kappa shape index (κ1) is 24.1. The van der Waals surface area contributed by atoms with Crippen LogP contribution in [0.3, 0.4) is 0 Å². The first-order chi connectivity index (χ1) is 15.8. The highest BCUT2D eigenvalue weighted by Gasteiger charge is 2.27. The van der Waals surface area contributed by atoms with Gasteiger partial charge in [0.25, 0.3) is 10.0 Å². The van der Waals surface area contributed by atoms with Crippen molar-refractivity contribution in [3.8, 4) is 11.5 Å². The lowest BCUT2D eigenvalue weighted by Crippen LogP contribution is -2.38. The zero-order chi connectivity index (χ0) is 23.8. The highest BCUT2D eigenvalue weighted by atomic mass is 32.2. The molecule has 0 saturated carbocycles. The summed E-state index contributed by atoms with van der Waals surface area (Å²) in [6.07, 6.45) is 0. The number of carbonyl (C=O) groups excluding carboxylic acids is 1. The molecule has 0 aromatic heterocycles. The predicted molar refractivity (Wildman–Crippen MR) is 130 cm³/mol. The number of carbonyl (C=O) groups is 1. The topological polar surface area (TPSA) is 84.9 Å². The summed E-state index contributed by atoms with van der Waals surface area (Å²) in [5, 5.41) is 2.76. The van der Waals surface area contributed by atoms with Crippen LogP contribution in [0.1, 0.15) is 19.4 Å². The van der Waals surface area contributed by atoms with E-state index < -0.39 is 22.5 Å². The van der Waals surface area contributed by atoms with E-state index in [0.717, 1.165) is 9.87 Å². The fourth-order valence-corrected chi connectivity index (χ4v) is 4.61. The van der Waals surface area contributed by atoms with Gasteiger partial charge in [0.05, 0.1) is 23.8 Å². The Morgan fingerprint density at radius 3 is 2.15 bits per heavy atom. The van der Waals surface area contributed by atoms with Crippen molar-refractivity contribution in [2.24, 2.45) is 0 Å². The predicted octanol–water partition coefficient (Wildman–Crippen LogP) is 4.63. The fraction of sp³-hybridized carbons (Fsp3) is 0.240. The third-order valence-electron chi connectivity index (χ3n) is 4.76. The number of aryl methyl sites for hydroxylation is 1. The van der Waals surface area contributed by atoms with Gasteiger partial charge < -0.3 is 14.8 Å². The Hall–Kier alpha value is -3.52. The summed E-state index contributed by atoms with van der Waals surface area (Å²) in [4.78, 5) is 13.0. The molecule has 0 aliphatic carbocycles. The van der Waals surface area contributed by atoms with Crippen molar-refractivity contribution in [2.45, 2.75) is 25.7 Å². The van der Waals surface area contributed by atoms with E-state index in [-0.39, 0.29) is 4.90 Å². The van der Waals surface area contributed by atoms with Crippen LogP contribution in [0.2, 0.25) is 0 Å². The molecule has 33 heavy (non-hydrogen) atoms. The van der Waals surface area contributed by atoms with Gasteiger partial charge in [0, 0.05) is 11.8 Å². The molecule has 0 heterocycles. The second-order valence-electron chi connectivity index (χ2n) is 7.26. The van der Waals surface area contributed by atoms with Crippen LogP contribution in [0.25, 0.3) is 0 Å². The molecule has 3 aromatic carbocycles. The number of amides is 1. The monoisotopic (exact) mass is 468 g/mol. The molecule has 7 nitrogen and oxygen atoms in total. The minimum Gasteiger partial charge on any atom is -0.494 e. The molecule has 0 saturated heterocycles. The van der Waals surface area contributed by atoms with Crippen LogP contribution in [0.15, 0.2) is 77.7 Å². The molecule has 174 valence electrons. The Balaban J connectivity index is 1.90. The summed E-state index contributed by atoms with van der Waals surface area (Å²) in [6, 6.07) is 20.1. The summed E-state index contributed by atoms with van der Waals surface area (Å²) in [5.74, 6) is 0.755. The van der Waals surface area contributed by atoms with E-state index in [0.29, 0.717) is 36.1 Å². The number of ether oxygens (including phenoxy) is 2. The maximum atomic E-state index is 13.5. The van der Waals surface area contributed by atoms with Gasteiger partial charge in [-0.2, -0.15) is 0 Å². The number of sulfonamides is 1. The van der Waals surface area contributed by atoms with Crippen LogP contribution in [0, 0.1) is 6.92 Å². The smallest absolute Gasteiger partial charge is 0.264 e. The van der Waals surface area contributed by atoms with Gasteiger partial charge in [-0.1, -0.05) is 23.8 Å². The van der Waals surface area contributed by atoms with Crippen molar-refractivity contribution < 1.29 is 22.7 Å². The quantitative estimate of drug-likeness (QED) is 0.469. The summed E-state index contributed by atoms with van der Waals surface area (Å²) >= 11 is 0. The van der Waals surface area contributed by atoms with E-state index in [4.69, 9.17) is 9.47 Å². The van der Waals surface area contributed by atoms with E-state index in [1.165, 1.54) is 12.1 Å². The van der Waals surface area contributed by atoms with Crippen LogP contribution < -0.4 is 19.1 Å². The van der Waals surface area contributed by atoms with Gasteiger partial charge in [0.15, 0.2) is 0 Å². The van der Waals surface area contributed by atoms with Crippen molar-refractivity contribution in [2.75, 3.05) is 29.4 Å². The lowest BCUT2D eigenvalue weighted by Gasteiger charge is -2.24. The van der Waals surface area contributed by atoms with Gasteiger partial charge in [-0.15, -0.1) is 0 Å². The van der Waals surface area contributed by atoms with E-state index in [1.807, 2.05) is 20.8 Å². The molecular weight excluding hydrogens is 440 g/mol. The molecule has 1 N–H and O–H groups in total. The summed E-state index contributed by atoms with van der Waals surface area (Å²) in [6.45, 7) is 6.21. The molecule has 0 aliphatic rings. The van der Waals surface area contributed by atoms with Crippen molar-refractivity contribution in [1.29, 1.82) is 0 Å². The number of nitrogens with one attached hydrogen (secondary N) is 1. The number of hydrogen-bond donors (Lipinski definition) is 1. The summed E-state index contributed by atoms with van der Waals surface area (Å²) < 4.78 is 39.0. The minimum atomic E-state index is -3.99. The molecule has 3 aromatic rings. The van der Waals surface area contributed by atoms with Crippen LogP contribution in [0.5, 0.6) is 11.5 Å². The lowest BCUT2D eigenvalue weighted by molar-refractivity contribution is -0.114. The maximum Gasteiger partial charge on any atom is 0.264 e. The van der Waals surface area contributed by atoms with E-state index in [1.54, 1.807) is 60.7 Å². The van der Waals surface area contributed by atoms with Gasteiger partial charge in [-0.05, 0) is 69.3 Å². The molecule has 0 atom stereocenters. The van der Waals surface area contributed by atoms with Gasteiger partial charge in [0.2, 0.25) is 5.91 Å². The number of anilines is 2. The van der Waals surface area contributed by atoms with Crippen LogP contribution in [0.4, 0.5) is 11.4 Å². The molecule has 0 bridgehead atoms. The molecule has 0 unspecified atom stereocenters. The SMILES string of the molecule is CCOc1ccc(N(CC(=O)Nc2cccc(OCC)c2)S(=O)(=O)c2ccc(C)cc2)cc1. The Morgan fingerprint density at radius 1 is 0.879 bits per heavy atom. The Morgan fingerprint density at radius 2 is 1.52 bits per heavy atom.